The molecule has 2 aromatic carbocycles. The van der Waals surface area contributed by atoms with E-state index in [0.29, 0.717) is 23.7 Å². The SMILES string of the molecule is COc1ccc(NC(=O)[C@H]2CCCN2C(=O)C2(c3ccc(Cl)cc3)CCC2)cc1. The van der Waals surface area contributed by atoms with Crippen molar-refractivity contribution in [3.8, 4) is 5.75 Å². The third kappa shape index (κ3) is 3.71. The van der Waals surface area contributed by atoms with Gasteiger partial charge in [0.25, 0.3) is 0 Å². The largest absolute Gasteiger partial charge is 0.497 e. The molecule has 1 aliphatic heterocycles. The Bertz CT molecular complexity index is 891. The Morgan fingerprint density at radius 2 is 1.76 bits per heavy atom. The number of methoxy groups -OCH3 is 1. The third-order valence-electron chi connectivity index (χ3n) is 6.19. The quantitative estimate of drug-likeness (QED) is 0.791. The highest BCUT2D eigenvalue weighted by Crippen LogP contribution is 2.46. The molecule has 152 valence electrons. The van der Waals surface area contributed by atoms with Gasteiger partial charge in [0.1, 0.15) is 11.8 Å². The van der Waals surface area contributed by atoms with Gasteiger partial charge in [0.05, 0.1) is 12.5 Å². The summed E-state index contributed by atoms with van der Waals surface area (Å²) >= 11 is 6.03. The maximum atomic E-state index is 13.6. The fourth-order valence-corrected chi connectivity index (χ4v) is 4.51. The van der Waals surface area contributed by atoms with Crippen LogP contribution in [0, 0.1) is 0 Å². The second-order valence-corrected chi connectivity index (χ2v) is 8.25. The average molecular weight is 413 g/mol. The second kappa shape index (κ2) is 8.07. The first-order chi connectivity index (χ1) is 14.0. The van der Waals surface area contributed by atoms with E-state index in [-0.39, 0.29) is 11.8 Å². The summed E-state index contributed by atoms with van der Waals surface area (Å²) in [7, 11) is 1.60. The van der Waals surface area contributed by atoms with Gasteiger partial charge < -0.3 is 15.0 Å². The molecule has 2 aliphatic rings. The van der Waals surface area contributed by atoms with Crippen molar-refractivity contribution in [2.75, 3.05) is 19.0 Å². The van der Waals surface area contributed by atoms with E-state index >= 15 is 0 Å². The van der Waals surface area contributed by atoms with E-state index in [1.807, 2.05) is 24.3 Å². The van der Waals surface area contributed by atoms with Crippen molar-refractivity contribution in [1.29, 1.82) is 0 Å². The summed E-state index contributed by atoms with van der Waals surface area (Å²) in [5.41, 5.74) is 1.18. The number of amides is 2. The van der Waals surface area contributed by atoms with Crippen LogP contribution in [0.5, 0.6) is 5.75 Å². The Hall–Kier alpha value is -2.53. The van der Waals surface area contributed by atoms with Gasteiger partial charge in [-0.3, -0.25) is 9.59 Å². The molecule has 29 heavy (non-hydrogen) atoms. The van der Waals surface area contributed by atoms with E-state index in [9.17, 15) is 9.59 Å². The van der Waals surface area contributed by atoms with Crippen LogP contribution in [-0.4, -0.2) is 36.4 Å². The summed E-state index contributed by atoms with van der Waals surface area (Å²) in [6.07, 6.45) is 4.17. The van der Waals surface area contributed by atoms with E-state index in [1.165, 1.54) is 0 Å². The van der Waals surface area contributed by atoms with Crippen molar-refractivity contribution in [3.05, 3.63) is 59.1 Å². The average Bonchev–Trinajstić information content (AvgIpc) is 3.19. The van der Waals surface area contributed by atoms with Crippen molar-refractivity contribution in [1.82, 2.24) is 4.90 Å². The molecule has 0 radical (unpaired) electrons. The van der Waals surface area contributed by atoms with Gasteiger partial charge in [-0.25, -0.2) is 0 Å². The number of halogens is 1. The van der Waals surface area contributed by atoms with Crippen molar-refractivity contribution in [3.63, 3.8) is 0 Å². The number of carbonyl (C=O) groups excluding carboxylic acids is 2. The highest BCUT2D eigenvalue weighted by molar-refractivity contribution is 6.30. The van der Waals surface area contributed by atoms with Crippen molar-refractivity contribution in [2.24, 2.45) is 0 Å². The molecule has 0 spiro atoms. The molecule has 5 nitrogen and oxygen atoms in total. The van der Waals surface area contributed by atoms with E-state index in [1.54, 1.807) is 36.3 Å². The molecule has 1 heterocycles. The molecule has 4 rings (SSSR count). The number of carbonyl (C=O) groups is 2. The number of benzene rings is 2. The zero-order chi connectivity index (χ0) is 20.4. The van der Waals surface area contributed by atoms with Gasteiger partial charge in [-0.2, -0.15) is 0 Å². The number of hydrogen-bond donors (Lipinski definition) is 1. The van der Waals surface area contributed by atoms with Crippen LogP contribution in [0.15, 0.2) is 48.5 Å². The molecular weight excluding hydrogens is 388 g/mol. The fraction of sp³-hybridized carbons (Fsp3) is 0.391. The molecule has 1 aliphatic carbocycles. The number of likely N-dealkylation sites (tertiary alicyclic amines) is 1. The van der Waals surface area contributed by atoms with Crippen LogP contribution in [0.25, 0.3) is 0 Å². The lowest BCUT2D eigenvalue weighted by atomic mass is 9.63. The van der Waals surface area contributed by atoms with E-state index in [4.69, 9.17) is 16.3 Å². The summed E-state index contributed by atoms with van der Waals surface area (Å²) < 4.78 is 5.15. The molecule has 1 saturated carbocycles. The highest BCUT2D eigenvalue weighted by Gasteiger charge is 2.50. The molecule has 0 aromatic heterocycles. The first kappa shape index (κ1) is 19.8. The summed E-state index contributed by atoms with van der Waals surface area (Å²) in [6.45, 7) is 0.620. The first-order valence-electron chi connectivity index (χ1n) is 10.1. The number of nitrogens with zero attached hydrogens (tertiary/aromatic N) is 1. The van der Waals surface area contributed by atoms with E-state index in [2.05, 4.69) is 5.32 Å². The zero-order valence-corrected chi connectivity index (χ0v) is 17.2. The molecule has 2 amide bonds. The Labute approximate surface area is 176 Å². The number of anilines is 1. The number of nitrogens with one attached hydrogen (secondary N) is 1. The lowest BCUT2D eigenvalue weighted by Gasteiger charge is -2.44. The van der Waals surface area contributed by atoms with E-state index < -0.39 is 11.5 Å². The van der Waals surface area contributed by atoms with Crippen LogP contribution in [-0.2, 0) is 15.0 Å². The Kier molecular flexibility index (Phi) is 5.50. The van der Waals surface area contributed by atoms with Crippen LogP contribution in [0.1, 0.15) is 37.7 Å². The summed E-state index contributed by atoms with van der Waals surface area (Å²) in [5.74, 6) is 0.667. The smallest absolute Gasteiger partial charge is 0.247 e. The molecule has 0 bridgehead atoms. The van der Waals surface area contributed by atoms with Gasteiger partial charge in [-0.05, 0) is 67.6 Å². The Morgan fingerprint density at radius 3 is 2.34 bits per heavy atom. The lowest BCUT2D eigenvalue weighted by Crippen LogP contribution is -2.54. The van der Waals surface area contributed by atoms with Crippen LogP contribution >= 0.6 is 11.6 Å². The normalized spacial score (nSPS) is 20.1. The second-order valence-electron chi connectivity index (χ2n) is 7.82. The van der Waals surface area contributed by atoms with Gasteiger partial charge >= 0.3 is 0 Å². The molecule has 2 aromatic rings. The van der Waals surface area contributed by atoms with Gasteiger partial charge in [0, 0.05) is 17.3 Å². The summed E-state index contributed by atoms with van der Waals surface area (Å²) in [4.78, 5) is 28.3. The molecule has 1 N–H and O–H groups in total. The monoisotopic (exact) mass is 412 g/mol. The predicted octanol–water partition coefficient (Wildman–Crippen LogP) is 4.40. The van der Waals surface area contributed by atoms with Crippen LogP contribution in [0.2, 0.25) is 5.02 Å². The van der Waals surface area contributed by atoms with Gasteiger partial charge in [0.15, 0.2) is 0 Å². The van der Waals surface area contributed by atoms with Crippen LogP contribution in [0.3, 0.4) is 0 Å². The van der Waals surface area contributed by atoms with Gasteiger partial charge in [-0.15, -0.1) is 0 Å². The van der Waals surface area contributed by atoms with Crippen LogP contribution in [0.4, 0.5) is 5.69 Å². The minimum absolute atomic E-state index is 0.0680. The maximum Gasteiger partial charge on any atom is 0.247 e. The van der Waals surface area contributed by atoms with E-state index in [0.717, 1.165) is 37.0 Å². The molecule has 2 fully saturated rings. The standard InChI is InChI=1S/C23H25ClN2O3/c1-29-19-11-9-18(10-12-19)25-21(27)20-4-2-15-26(20)22(28)23(13-3-14-23)16-5-7-17(24)8-6-16/h5-12,20H,2-4,13-15H2,1H3,(H,25,27)/t20-/m1/s1. The Morgan fingerprint density at radius 1 is 1.07 bits per heavy atom. The highest BCUT2D eigenvalue weighted by atomic mass is 35.5. The number of ether oxygens (including phenoxy) is 1. The number of rotatable bonds is 5. The maximum absolute atomic E-state index is 13.6. The van der Waals surface area contributed by atoms with Crippen LogP contribution < -0.4 is 10.1 Å². The van der Waals surface area contributed by atoms with Crippen molar-refractivity contribution < 1.29 is 14.3 Å². The Balaban J connectivity index is 1.51. The van der Waals surface area contributed by atoms with Crippen molar-refractivity contribution in [2.45, 2.75) is 43.6 Å². The summed E-state index contributed by atoms with van der Waals surface area (Å²) in [6, 6.07) is 14.3. The third-order valence-corrected chi connectivity index (χ3v) is 6.44. The molecular formula is C23H25ClN2O3. The lowest BCUT2D eigenvalue weighted by molar-refractivity contribution is -0.144. The van der Waals surface area contributed by atoms with Gasteiger partial charge in [0.2, 0.25) is 11.8 Å². The molecule has 1 atom stereocenters. The van der Waals surface area contributed by atoms with Gasteiger partial charge in [-0.1, -0.05) is 30.2 Å². The number of hydrogen-bond acceptors (Lipinski definition) is 3. The molecule has 0 unspecified atom stereocenters. The predicted molar refractivity (Wildman–Crippen MR) is 113 cm³/mol. The fourth-order valence-electron chi connectivity index (χ4n) is 4.38. The molecule has 1 saturated heterocycles. The zero-order valence-electron chi connectivity index (χ0n) is 16.5. The minimum Gasteiger partial charge on any atom is -0.497 e. The topological polar surface area (TPSA) is 58.6 Å². The van der Waals surface area contributed by atoms with Crippen molar-refractivity contribution >= 4 is 29.1 Å². The summed E-state index contributed by atoms with van der Waals surface area (Å²) in [5, 5.41) is 3.61. The minimum atomic E-state index is -0.520. The first-order valence-corrected chi connectivity index (χ1v) is 10.4. The molecule has 6 heteroatoms.